The number of benzene rings is 1. The van der Waals surface area contributed by atoms with Gasteiger partial charge in [-0.2, -0.15) is 0 Å². The zero-order valence-electron chi connectivity index (χ0n) is 13.8. The summed E-state index contributed by atoms with van der Waals surface area (Å²) in [5.74, 6) is -2.67. The van der Waals surface area contributed by atoms with Crippen LogP contribution in [0.1, 0.15) is 58.8 Å². The van der Waals surface area contributed by atoms with Crippen molar-refractivity contribution >= 4 is 17.9 Å². The topological polar surface area (TPSA) is 89.9 Å². The van der Waals surface area contributed by atoms with Gasteiger partial charge in [0, 0.05) is 0 Å². The third kappa shape index (κ3) is 5.39. The van der Waals surface area contributed by atoms with Gasteiger partial charge in [-0.1, -0.05) is 33.8 Å². The summed E-state index contributed by atoms with van der Waals surface area (Å²) in [5.41, 5.74) is -0.647. The van der Waals surface area contributed by atoms with Gasteiger partial charge in [0.1, 0.15) is 0 Å². The number of aromatic carboxylic acids is 1. The van der Waals surface area contributed by atoms with Gasteiger partial charge in [-0.25, -0.2) is 14.4 Å². The molecule has 0 unspecified atom stereocenters. The van der Waals surface area contributed by atoms with Gasteiger partial charge in [-0.15, -0.1) is 0 Å². The van der Waals surface area contributed by atoms with E-state index in [2.05, 4.69) is 0 Å². The van der Waals surface area contributed by atoms with E-state index in [1.807, 2.05) is 27.7 Å². The van der Waals surface area contributed by atoms with Crippen LogP contribution in [0.25, 0.3) is 0 Å². The number of rotatable bonds is 7. The fraction of sp³-hybridized carbons (Fsp3) is 0.471. The van der Waals surface area contributed by atoms with Crippen molar-refractivity contribution in [3.63, 3.8) is 0 Å². The van der Waals surface area contributed by atoms with Gasteiger partial charge >= 0.3 is 17.9 Å². The van der Waals surface area contributed by atoms with Crippen LogP contribution in [-0.2, 0) is 9.47 Å². The maximum atomic E-state index is 12.2. The van der Waals surface area contributed by atoms with Gasteiger partial charge in [0.2, 0.25) is 0 Å². The van der Waals surface area contributed by atoms with Gasteiger partial charge in [0.15, 0.2) is 0 Å². The average Bonchev–Trinajstić information content (AvgIpc) is 2.49. The summed E-state index contributed by atoms with van der Waals surface area (Å²) in [5, 5.41) is 9.26. The highest BCUT2D eigenvalue weighted by Gasteiger charge is 2.26. The number of hydrogen-bond donors (Lipinski definition) is 1. The maximum absolute atomic E-state index is 12.2. The third-order valence-corrected chi connectivity index (χ3v) is 2.81. The van der Waals surface area contributed by atoms with E-state index in [-0.39, 0.29) is 41.7 Å². The van der Waals surface area contributed by atoms with Crippen molar-refractivity contribution in [3.05, 3.63) is 34.9 Å². The zero-order valence-corrected chi connectivity index (χ0v) is 13.8. The quantitative estimate of drug-likeness (QED) is 0.776. The molecule has 0 amide bonds. The van der Waals surface area contributed by atoms with E-state index in [0.29, 0.717) is 0 Å². The lowest BCUT2D eigenvalue weighted by molar-refractivity contribution is 0.0408. The molecule has 6 nitrogen and oxygen atoms in total. The summed E-state index contributed by atoms with van der Waals surface area (Å²) in [4.78, 5) is 35.8. The number of carboxylic acid groups (broad SMARTS) is 1. The monoisotopic (exact) mass is 322 g/mol. The molecule has 0 bridgehead atoms. The molecule has 0 radical (unpaired) electrons. The molecule has 0 aliphatic carbocycles. The molecule has 0 aromatic heterocycles. The lowest BCUT2D eigenvalue weighted by Gasteiger charge is -2.13. The van der Waals surface area contributed by atoms with Crippen LogP contribution in [0.5, 0.6) is 0 Å². The zero-order chi connectivity index (χ0) is 17.6. The molecule has 0 aliphatic rings. The van der Waals surface area contributed by atoms with Crippen molar-refractivity contribution in [3.8, 4) is 0 Å². The summed E-state index contributed by atoms with van der Waals surface area (Å²) >= 11 is 0. The Morgan fingerprint density at radius 1 is 0.913 bits per heavy atom. The Labute approximate surface area is 135 Å². The first-order valence-electron chi connectivity index (χ1n) is 7.44. The van der Waals surface area contributed by atoms with E-state index in [0.717, 1.165) is 0 Å². The second kappa shape index (κ2) is 8.31. The molecule has 1 aromatic rings. The standard InChI is InChI=1S/C17H22O6/c1-10(2)8-22-16(20)13-7-5-6-12(15(18)19)14(13)17(21)23-9-11(3)4/h5-7,10-11H,8-9H2,1-4H3,(H,18,19). The molecule has 126 valence electrons. The first-order chi connectivity index (χ1) is 10.7. The fourth-order valence-electron chi connectivity index (χ4n) is 1.76. The van der Waals surface area contributed by atoms with Crippen LogP contribution in [-0.4, -0.2) is 36.2 Å². The van der Waals surface area contributed by atoms with Gasteiger partial charge in [-0.05, 0) is 24.0 Å². The minimum atomic E-state index is -1.31. The number of carboxylic acids is 1. The Morgan fingerprint density at radius 3 is 1.87 bits per heavy atom. The number of carbonyl (C=O) groups excluding carboxylic acids is 2. The minimum Gasteiger partial charge on any atom is -0.478 e. The normalized spacial score (nSPS) is 10.7. The van der Waals surface area contributed by atoms with Crippen LogP contribution >= 0.6 is 0 Å². The Bertz CT molecular complexity index is 589. The molecule has 1 rings (SSSR count). The van der Waals surface area contributed by atoms with E-state index in [1.54, 1.807) is 0 Å². The van der Waals surface area contributed by atoms with Crippen LogP contribution in [0.3, 0.4) is 0 Å². The Balaban J connectivity index is 3.19. The lowest BCUT2D eigenvalue weighted by Crippen LogP contribution is -2.20. The van der Waals surface area contributed by atoms with E-state index < -0.39 is 17.9 Å². The second-order valence-corrected chi connectivity index (χ2v) is 6.02. The molecule has 0 heterocycles. The van der Waals surface area contributed by atoms with Crippen molar-refractivity contribution in [1.82, 2.24) is 0 Å². The van der Waals surface area contributed by atoms with Crippen molar-refractivity contribution in [2.45, 2.75) is 27.7 Å². The Morgan fingerprint density at radius 2 is 1.39 bits per heavy atom. The van der Waals surface area contributed by atoms with E-state index in [4.69, 9.17) is 9.47 Å². The van der Waals surface area contributed by atoms with Crippen LogP contribution < -0.4 is 0 Å². The van der Waals surface area contributed by atoms with Crippen molar-refractivity contribution < 1.29 is 29.0 Å². The number of ether oxygens (including phenoxy) is 2. The van der Waals surface area contributed by atoms with Gasteiger partial charge < -0.3 is 14.6 Å². The molecular formula is C17H22O6. The van der Waals surface area contributed by atoms with Crippen LogP contribution in [0.15, 0.2) is 18.2 Å². The molecule has 0 saturated heterocycles. The van der Waals surface area contributed by atoms with Gasteiger partial charge in [0.25, 0.3) is 0 Å². The first kappa shape index (κ1) is 18.7. The SMILES string of the molecule is CC(C)COC(=O)c1cccc(C(=O)O)c1C(=O)OCC(C)C. The Hall–Kier alpha value is -2.37. The molecular weight excluding hydrogens is 300 g/mol. The average molecular weight is 322 g/mol. The summed E-state index contributed by atoms with van der Waals surface area (Å²) in [6.45, 7) is 7.77. The van der Waals surface area contributed by atoms with Gasteiger partial charge in [0.05, 0.1) is 29.9 Å². The van der Waals surface area contributed by atoms with E-state index >= 15 is 0 Å². The highest BCUT2D eigenvalue weighted by Crippen LogP contribution is 2.19. The molecule has 23 heavy (non-hydrogen) atoms. The third-order valence-electron chi connectivity index (χ3n) is 2.81. The molecule has 1 N–H and O–H groups in total. The Kier molecular flexibility index (Phi) is 6.75. The van der Waals surface area contributed by atoms with Crippen molar-refractivity contribution in [2.75, 3.05) is 13.2 Å². The molecule has 0 aliphatic heterocycles. The smallest absolute Gasteiger partial charge is 0.339 e. The molecule has 0 saturated carbocycles. The first-order valence-corrected chi connectivity index (χ1v) is 7.44. The highest BCUT2D eigenvalue weighted by atomic mass is 16.5. The summed E-state index contributed by atoms with van der Waals surface area (Å²) in [7, 11) is 0. The molecule has 1 aromatic carbocycles. The number of hydrogen-bond acceptors (Lipinski definition) is 5. The van der Waals surface area contributed by atoms with E-state index in [1.165, 1.54) is 18.2 Å². The molecule has 0 atom stereocenters. The summed E-state index contributed by atoms with van der Waals surface area (Å²) in [6, 6.07) is 4.02. The molecule has 6 heteroatoms. The van der Waals surface area contributed by atoms with Crippen molar-refractivity contribution in [2.24, 2.45) is 11.8 Å². The second-order valence-electron chi connectivity index (χ2n) is 6.02. The largest absolute Gasteiger partial charge is 0.478 e. The van der Waals surface area contributed by atoms with Crippen LogP contribution in [0, 0.1) is 11.8 Å². The molecule has 0 spiro atoms. The minimum absolute atomic E-state index is 0.0901. The highest BCUT2D eigenvalue weighted by molar-refractivity contribution is 6.10. The predicted octanol–water partition coefficient (Wildman–Crippen LogP) is 3.01. The number of esters is 2. The summed E-state index contributed by atoms with van der Waals surface area (Å²) < 4.78 is 10.2. The summed E-state index contributed by atoms with van der Waals surface area (Å²) in [6.07, 6.45) is 0. The fourth-order valence-corrected chi connectivity index (χ4v) is 1.76. The lowest BCUT2D eigenvalue weighted by atomic mass is 10.0. The van der Waals surface area contributed by atoms with Crippen LogP contribution in [0.2, 0.25) is 0 Å². The van der Waals surface area contributed by atoms with Crippen molar-refractivity contribution in [1.29, 1.82) is 0 Å². The van der Waals surface area contributed by atoms with Gasteiger partial charge in [-0.3, -0.25) is 0 Å². The van der Waals surface area contributed by atoms with E-state index in [9.17, 15) is 19.5 Å². The van der Waals surface area contributed by atoms with Crippen LogP contribution in [0.4, 0.5) is 0 Å². The predicted molar refractivity (Wildman–Crippen MR) is 83.6 cm³/mol. The molecule has 0 fully saturated rings. The number of carbonyl (C=O) groups is 3. The maximum Gasteiger partial charge on any atom is 0.339 e.